The molecule has 1 fully saturated rings. The van der Waals surface area contributed by atoms with Crippen LogP contribution in [0.2, 0.25) is 0 Å². The van der Waals surface area contributed by atoms with Gasteiger partial charge in [-0.05, 0) is 19.1 Å². The second kappa shape index (κ2) is 7.65. The lowest BCUT2D eigenvalue weighted by Gasteiger charge is -2.19. The van der Waals surface area contributed by atoms with E-state index in [1.165, 1.54) is 18.9 Å². The molecule has 1 saturated heterocycles. The summed E-state index contributed by atoms with van der Waals surface area (Å²) in [4.78, 5) is 48.1. The van der Waals surface area contributed by atoms with Crippen molar-refractivity contribution in [2.45, 2.75) is 19.4 Å². The normalized spacial score (nSPS) is 17.8. The minimum Gasteiger partial charge on any atom is -0.495 e. The lowest BCUT2D eigenvalue weighted by atomic mass is 10.1. The van der Waals surface area contributed by atoms with Crippen LogP contribution in [0.25, 0.3) is 0 Å². The highest BCUT2D eigenvalue weighted by atomic mass is 16.5. The van der Waals surface area contributed by atoms with Crippen LogP contribution in [0.4, 0.5) is 10.5 Å². The van der Waals surface area contributed by atoms with E-state index < -0.39 is 29.9 Å². The van der Waals surface area contributed by atoms with Gasteiger partial charge in [-0.3, -0.25) is 19.7 Å². The van der Waals surface area contributed by atoms with Crippen LogP contribution in [0, 0.1) is 5.92 Å². The lowest BCUT2D eigenvalue weighted by Crippen LogP contribution is -2.42. The summed E-state index contributed by atoms with van der Waals surface area (Å²) in [5.74, 6) is -1.98. The third-order valence-corrected chi connectivity index (χ3v) is 3.74. The number of anilines is 1. The molecule has 9 nitrogen and oxygen atoms in total. The molecule has 0 bridgehead atoms. The van der Waals surface area contributed by atoms with Crippen LogP contribution in [0.5, 0.6) is 5.75 Å². The van der Waals surface area contributed by atoms with Crippen molar-refractivity contribution in [1.29, 1.82) is 0 Å². The van der Waals surface area contributed by atoms with Crippen molar-refractivity contribution in [2.24, 2.45) is 11.7 Å². The van der Waals surface area contributed by atoms with Gasteiger partial charge in [-0.25, -0.2) is 4.79 Å². The minimum absolute atomic E-state index is 0.0406. The quantitative estimate of drug-likeness (QED) is 0.730. The molecule has 2 rings (SSSR count). The van der Waals surface area contributed by atoms with E-state index in [-0.39, 0.29) is 18.9 Å². The van der Waals surface area contributed by atoms with Crippen LogP contribution >= 0.6 is 0 Å². The number of para-hydroxylation sites is 2. The van der Waals surface area contributed by atoms with Crippen LogP contribution in [0.1, 0.15) is 13.3 Å². The van der Waals surface area contributed by atoms with Crippen molar-refractivity contribution in [3.8, 4) is 5.75 Å². The highest BCUT2D eigenvalue weighted by Crippen LogP contribution is 2.33. The summed E-state index contributed by atoms with van der Waals surface area (Å²) in [5.41, 5.74) is 5.40. The Kier molecular flexibility index (Phi) is 5.58. The van der Waals surface area contributed by atoms with Gasteiger partial charge in [-0.15, -0.1) is 0 Å². The first-order valence-electron chi connectivity index (χ1n) is 7.57. The number of hydrogen-bond acceptors (Lipinski definition) is 6. The van der Waals surface area contributed by atoms with Crippen molar-refractivity contribution in [2.75, 3.05) is 18.6 Å². The average molecular weight is 349 g/mol. The van der Waals surface area contributed by atoms with Gasteiger partial charge in [0.2, 0.25) is 5.91 Å². The number of rotatable bonds is 5. The zero-order valence-corrected chi connectivity index (χ0v) is 13.9. The molecule has 1 aliphatic heterocycles. The van der Waals surface area contributed by atoms with Gasteiger partial charge in [-0.1, -0.05) is 12.1 Å². The van der Waals surface area contributed by atoms with Crippen LogP contribution in [0.15, 0.2) is 24.3 Å². The Morgan fingerprint density at radius 1 is 1.32 bits per heavy atom. The molecule has 25 heavy (non-hydrogen) atoms. The Bertz CT molecular complexity index is 705. The van der Waals surface area contributed by atoms with Gasteiger partial charge >= 0.3 is 12.0 Å². The number of amides is 4. The monoisotopic (exact) mass is 349 g/mol. The largest absolute Gasteiger partial charge is 0.495 e. The minimum atomic E-state index is -1.20. The molecule has 0 radical (unpaired) electrons. The summed E-state index contributed by atoms with van der Waals surface area (Å²) < 4.78 is 10.2. The summed E-state index contributed by atoms with van der Waals surface area (Å²) in [6.07, 6.45) is -1.24. The lowest BCUT2D eigenvalue weighted by molar-refractivity contribution is -0.158. The standard InChI is InChI=1S/C16H19N3O6/c1-9(14(21)18-16(17)23)25-15(22)10-7-13(20)19(8-10)11-5-3-4-6-12(11)24-2/h3-6,9-10H,7-8H2,1-2H3,(H3,17,18,21,23)/t9-,10-/m0/s1. The zero-order chi connectivity index (χ0) is 18.6. The molecule has 9 heteroatoms. The summed E-state index contributed by atoms with van der Waals surface area (Å²) in [6.45, 7) is 1.42. The maximum absolute atomic E-state index is 12.2. The molecule has 1 aromatic rings. The zero-order valence-electron chi connectivity index (χ0n) is 13.9. The van der Waals surface area contributed by atoms with Gasteiger partial charge in [0, 0.05) is 13.0 Å². The smallest absolute Gasteiger partial charge is 0.318 e. The second-order valence-electron chi connectivity index (χ2n) is 5.51. The molecule has 1 aliphatic rings. The third kappa shape index (κ3) is 4.25. The van der Waals surface area contributed by atoms with Crippen molar-refractivity contribution in [3.63, 3.8) is 0 Å². The van der Waals surface area contributed by atoms with Crippen molar-refractivity contribution in [3.05, 3.63) is 24.3 Å². The molecule has 0 saturated carbocycles. The van der Waals surface area contributed by atoms with E-state index in [1.54, 1.807) is 24.3 Å². The van der Waals surface area contributed by atoms with Crippen molar-refractivity contribution < 1.29 is 28.7 Å². The Morgan fingerprint density at radius 3 is 2.64 bits per heavy atom. The Labute approximate surface area is 144 Å². The number of primary amides is 1. The van der Waals surface area contributed by atoms with E-state index in [0.29, 0.717) is 11.4 Å². The fourth-order valence-electron chi connectivity index (χ4n) is 2.50. The van der Waals surface area contributed by atoms with E-state index in [1.807, 2.05) is 5.32 Å². The molecular formula is C16H19N3O6. The molecule has 0 aromatic heterocycles. The Morgan fingerprint density at radius 2 is 2.00 bits per heavy atom. The van der Waals surface area contributed by atoms with Crippen LogP contribution in [0.3, 0.4) is 0 Å². The molecule has 0 unspecified atom stereocenters. The number of methoxy groups -OCH3 is 1. The fraction of sp³-hybridized carbons (Fsp3) is 0.375. The van der Waals surface area contributed by atoms with Gasteiger partial charge in [0.05, 0.1) is 18.7 Å². The molecule has 4 amide bonds. The summed E-state index contributed by atoms with van der Waals surface area (Å²) in [6, 6.07) is 5.92. The summed E-state index contributed by atoms with van der Waals surface area (Å²) in [7, 11) is 1.49. The maximum Gasteiger partial charge on any atom is 0.318 e. The number of imide groups is 1. The number of ether oxygens (including phenoxy) is 2. The summed E-state index contributed by atoms with van der Waals surface area (Å²) >= 11 is 0. The molecular weight excluding hydrogens is 330 g/mol. The highest BCUT2D eigenvalue weighted by molar-refractivity contribution is 6.01. The number of nitrogens with zero attached hydrogens (tertiary/aromatic N) is 1. The van der Waals surface area contributed by atoms with Gasteiger partial charge in [-0.2, -0.15) is 0 Å². The SMILES string of the molecule is COc1ccccc1N1C[C@@H](C(=O)O[C@@H](C)C(=O)NC(N)=O)CC1=O. The van der Waals surface area contributed by atoms with Crippen molar-refractivity contribution in [1.82, 2.24) is 5.32 Å². The number of nitrogens with two attached hydrogens (primary N) is 1. The average Bonchev–Trinajstić information content (AvgIpc) is 2.95. The first-order valence-corrected chi connectivity index (χ1v) is 7.57. The predicted molar refractivity (Wildman–Crippen MR) is 86.7 cm³/mol. The van der Waals surface area contributed by atoms with E-state index in [2.05, 4.69) is 0 Å². The van der Waals surface area contributed by atoms with E-state index in [0.717, 1.165) is 0 Å². The number of benzene rings is 1. The first-order chi connectivity index (χ1) is 11.8. The fourth-order valence-corrected chi connectivity index (χ4v) is 2.50. The van der Waals surface area contributed by atoms with Gasteiger partial charge in [0.1, 0.15) is 5.75 Å². The second-order valence-corrected chi connectivity index (χ2v) is 5.51. The van der Waals surface area contributed by atoms with Crippen LogP contribution < -0.4 is 20.7 Å². The third-order valence-electron chi connectivity index (χ3n) is 3.74. The van der Waals surface area contributed by atoms with Crippen molar-refractivity contribution >= 4 is 29.5 Å². The number of urea groups is 1. The predicted octanol–water partition coefficient (Wildman–Crippen LogP) is 0.175. The maximum atomic E-state index is 12.2. The number of esters is 1. The number of carbonyl (C=O) groups excluding carboxylic acids is 4. The molecule has 1 aromatic carbocycles. The van der Waals surface area contributed by atoms with E-state index in [9.17, 15) is 19.2 Å². The van der Waals surface area contributed by atoms with Gasteiger partial charge in [0.25, 0.3) is 5.91 Å². The number of hydrogen-bond donors (Lipinski definition) is 2. The Hall–Kier alpha value is -3.10. The van der Waals surface area contributed by atoms with Gasteiger partial charge in [0.15, 0.2) is 6.10 Å². The molecule has 1 heterocycles. The number of carbonyl (C=O) groups is 4. The molecule has 134 valence electrons. The van der Waals surface area contributed by atoms with Crippen LogP contribution in [-0.4, -0.2) is 43.6 Å². The van der Waals surface area contributed by atoms with Gasteiger partial charge < -0.3 is 20.1 Å². The molecule has 3 N–H and O–H groups in total. The Balaban J connectivity index is 2.03. The van der Waals surface area contributed by atoms with E-state index >= 15 is 0 Å². The van der Waals surface area contributed by atoms with E-state index in [4.69, 9.17) is 15.2 Å². The highest BCUT2D eigenvalue weighted by Gasteiger charge is 2.38. The topological polar surface area (TPSA) is 128 Å². The number of nitrogens with one attached hydrogen (secondary N) is 1. The molecule has 0 spiro atoms. The van der Waals surface area contributed by atoms with Crippen LogP contribution in [-0.2, 0) is 19.1 Å². The summed E-state index contributed by atoms with van der Waals surface area (Å²) in [5, 5.41) is 1.83. The molecule has 2 atom stereocenters. The molecule has 0 aliphatic carbocycles. The first kappa shape index (κ1) is 18.2.